The monoisotopic (exact) mass is 1220 g/mol. The second-order valence-corrected chi connectivity index (χ2v) is 27.2. The zero-order valence-corrected chi connectivity index (χ0v) is 52.0. The van der Waals surface area contributed by atoms with Gasteiger partial charge in [-0.05, 0) is 107 Å². The third kappa shape index (κ3) is 10.4. The number of para-hydroxylation sites is 1. The Morgan fingerprint density at radius 2 is 0.681 bits per heavy atom. The smallest absolute Gasteiger partial charge is 0.328 e. The zero-order chi connectivity index (χ0) is 71.4. The first kappa shape index (κ1) is 47.1. The Balaban J connectivity index is 0.938. The predicted octanol–water partition coefficient (Wildman–Crippen LogP) is 16.9. The largest absolute Gasteiger partial charge is 0.376 e. The fourth-order valence-electron chi connectivity index (χ4n) is 14.1. The van der Waals surface area contributed by atoms with E-state index in [1.165, 1.54) is 11.0 Å². The van der Waals surface area contributed by atoms with E-state index in [0.717, 1.165) is 71.0 Å². The first-order chi connectivity index (χ1) is 50.7. The Labute approximate surface area is 565 Å². The molecule has 4 nitrogen and oxygen atoms in total. The molecule has 0 fully saturated rings. The molecule has 0 N–H and O–H groups in total. The molecule has 1 aromatic heterocycles. The lowest BCUT2D eigenvalue weighted by molar-refractivity contribution is 0.745. The number of aromatic nitrogens is 3. The molecule has 0 unspecified atom stereocenters. The molecule has 16 rings (SSSR count). The van der Waals surface area contributed by atoms with Gasteiger partial charge in [0.15, 0.2) is 25.5 Å². The summed E-state index contributed by atoms with van der Waals surface area (Å²) in [5.74, 6) is 1.18. The highest BCUT2D eigenvalue weighted by molar-refractivity contribution is 7.20. The molecule has 0 aliphatic carbocycles. The minimum atomic E-state index is -3.52. The third-order valence-corrected chi connectivity index (χ3v) is 23.0. The van der Waals surface area contributed by atoms with Crippen molar-refractivity contribution in [1.82, 2.24) is 15.0 Å². The summed E-state index contributed by atoms with van der Waals surface area (Å²) in [5, 5.41) is 3.97. The van der Waals surface area contributed by atoms with Gasteiger partial charge in [0.25, 0.3) is 0 Å². The summed E-state index contributed by atoms with van der Waals surface area (Å²) >= 11 is 0. The molecule has 15 aromatic rings. The normalized spacial score (nSPS) is 13.5. The van der Waals surface area contributed by atoms with E-state index >= 15 is 0 Å². The van der Waals surface area contributed by atoms with Gasteiger partial charge in [0.1, 0.15) is 0 Å². The van der Waals surface area contributed by atoms with Crippen molar-refractivity contribution in [3.8, 4) is 67.5 Å². The van der Waals surface area contributed by atoms with Crippen molar-refractivity contribution >= 4 is 58.0 Å². The maximum atomic E-state index is 9.16. The maximum absolute atomic E-state index is 9.16. The van der Waals surface area contributed by atoms with Crippen LogP contribution in [-0.2, 0) is 5.41 Å². The van der Waals surface area contributed by atoms with Gasteiger partial charge >= 0.3 is 6.85 Å². The zero-order valence-electron chi connectivity index (χ0n) is 61.0. The fraction of sp³-hybridized carbons (Fsp3) is 0.0114. The van der Waals surface area contributed by atoms with Gasteiger partial charge in [0.05, 0.1) is 19.1 Å². The molecule has 94 heavy (non-hydrogen) atoms. The maximum Gasteiger partial charge on any atom is 0.328 e. The standard InChI is InChI=1S/C88H63BN4Si/c1-8-31-64(32-9-1)66-35-26-44-73(59-66)88(71-40-12-3-13-41-71,72-42-14-4-15-43-72)74-45-27-37-68(60-74)85-90-86(69-38-28-48-76(61-69)93-84-58-25-23-56-82(84)81-55-22-24-57-83(81)89(93)75-46-16-5-17-47-75)92-87(91-85)70-39-30-54-80(63-70)94(77-49-18-6-19-50-77,78-51-20-7-21-52-78)79-53-29-36-67(62-79)65-33-10-2-11-34-65/h1-63H/i1D,2D,8D,9D,10D,11D,31D,32D,33D,34D. The van der Waals surface area contributed by atoms with Crippen molar-refractivity contribution < 1.29 is 13.7 Å². The predicted molar refractivity (Wildman–Crippen MR) is 394 cm³/mol. The van der Waals surface area contributed by atoms with Crippen LogP contribution in [0.25, 0.3) is 67.5 Å². The lowest BCUT2D eigenvalue weighted by Crippen LogP contribution is -2.74. The van der Waals surface area contributed by atoms with E-state index in [2.05, 4.69) is 175 Å². The SMILES string of the molecule is [2H]c1c([2H])c([2H])c(-c2cccc(C(c3ccccc3)(c3ccccc3)c3cccc(-c4nc(-c5cccc(N6B(c7ccccc7)c7ccccc7-c7ccccc76)c5)nc(-c5cccc([Si](c6ccccc6)(c6ccccc6)c6cccc(-c7c([2H])c([2H])c([2H])c([2H])c7[2H])c6)c5)n4)c3)c2)c([2H])c1[2H]. The molecular formula is C88H63BN4Si. The van der Waals surface area contributed by atoms with E-state index in [9.17, 15) is 0 Å². The van der Waals surface area contributed by atoms with Gasteiger partial charge in [-0.1, -0.05) is 357 Å². The first-order valence-corrected chi connectivity index (χ1v) is 33.4. The van der Waals surface area contributed by atoms with Crippen LogP contribution < -0.4 is 36.5 Å². The highest BCUT2D eigenvalue weighted by Crippen LogP contribution is 2.47. The molecule has 14 aromatic carbocycles. The quantitative estimate of drug-likeness (QED) is 0.0758. The van der Waals surface area contributed by atoms with E-state index in [4.69, 9.17) is 28.7 Å². The molecule has 0 spiro atoms. The van der Waals surface area contributed by atoms with Crippen molar-refractivity contribution in [3.05, 3.63) is 404 Å². The van der Waals surface area contributed by atoms with E-state index < -0.39 is 49.7 Å². The summed E-state index contributed by atoms with van der Waals surface area (Å²) in [6, 6.07) is 106. The van der Waals surface area contributed by atoms with Crippen LogP contribution in [0.4, 0.5) is 11.4 Å². The lowest BCUT2D eigenvalue weighted by atomic mass is 9.46. The number of anilines is 2. The van der Waals surface area contributed by atoms with Crippen molar-refractivity contribution in [2.24, 2.45) is 0 Å². The van der Waals surface area contributed by atoms with Gasteiger partial charge in [-0.25, -0.2) is 15.0 Å². The minimum absolute atomic E-state index is 0.0965. The Kier molecular flexibility index (Phi) is 12.6. The molecule has 0 radical (unpaired) electrons. The number of hydrogen-bond donors (Lipinski definition) is 0. The van der Waals surface area contributed by atoms with Crippen LogP contribution in [0.5, 0.6) is 0 Å². The molecule has 0 bridgehead atoms. The van der Waals surface area contributed by atoms with Crippen molar-refractivity contribution in [2.45, 2.75) is 5.41 Å². The molecule has 1 aliphatic rings. The van der Waals surface area contributed by atoms with Gasteiger partial charge in [0, 0.05) is 33.6 Å². The van der Waals surface area contributed by atoms with E-state index in [-0.39, 0.29) is 42.1 Å². The van der Waals surface area contributed by atoms with Crippen LogP contribution in [0.2, 0.25) is 0 Å². The number of hydrogen-bond acceptors (Lipinski definition) is 4. The highest BCUT2D eigenvalue weighted by atomic mass is 28.3. The Morgan fingerprint density at radius 1 is 0.298 bits per heavy atom. The Morgan fingerprint density at radius 3 is 1.23 bits per heavy atom. The van der Waals surface area contributed by atoms with Gasteiger partial charge in [0.2, 0.25) is 0 Å². The average Bonchev–Trinajstić information content (AvgIpc) is 0.729. The summed E-state index contributed by atoms with van der Waals surface area (Å²) in [7, 11) is -3.52. The van der Waals surface area contributed by atoms with Gasteiger partial charge in [-0.15, -0.1) is 0 Å². The van der Waals surface area contributed by atoms with Crippen LogP contribution in [0.15, 0.2) is 382 Å². The van der Waals surface area contributed by atoms with Crippen LogP contribution in [0.3, 0.4) is 0 Å². The molecule has 442 valence electrons. The van der Waals surface area contributed by atoms with Crippen molar-refractivity contribution in [1.29, 1.82) is 0 Å². The minimum Gasteiger partial charge on any atom is -0.376 e. The molecular weight excluding hydrogens is 1150 g/mol. The van der Waals surface area contributed by atoms with Crippen LogP contribution in [-0.4, -0.2) is 29.9 Å². The Bertz CT molecular complexity index is 5400. The summed E-state index contributed by atoms with van der Waals surface area (Å²) in [5.41, 5.74) is 12.1. The number of benzene rings is 14. The molecule has 2 heterocycles. The topological polar surface area (TPSA) is 41.9 Å². The summed E-state index contributed by atoms with van der Waals surface area (Å²) in [6.07, 6.45) is 0. The number of fused-ring (bicyclic) bond motifs is 3. The summed E-state index contributed by atoms with van der Waals surface area (Å²) < 4.78 is 88.5. The first-order valence-electron chi connectivity index (χ1n) is 36.4. The lowest BCUT2D eigenvalue weighted by Gasteiger charge is -2.39. The number of nitrogens with zero attached hydrogens (tertiary/aromatic N) is 4. The molecule has 6 heteroatoms. The van der Waals surface area contributed by atoms with E-state index in [0.29, 0.717) is 39.7 Å². The highest BCUT2D eigenvalue weighted by Gasteiger charge is 2.43. The van der Waals surface area contributed by atoms with E-state index in [1.54, 1.807) is 6.07 Å². The second kappa shape index (κ2) is 25.1. The van der Waals surface area contributed by atoms with E-state index in [1.807, 2.05) is 146 Å². The molecule has 0 saturated carbocycles. The van der Waals surface area contributed by atoms with Crippen LogP contribution >= 0.6 is 0 Å². The van der Waals surface area contributed by atoms with Crippen LogP contribution in [0.1, 0.15) is 36.0 Å². The van der Waals surface area contributed by atoms with Gasteiger partial charge in [-0.2, -0.15) is 0 Å². The summed E-state index contributed by atoms with van der Waals surface area (Å²) in [6.45, 7) is -0.212. The van der Waals surface area contributed by atoms with Crippen molar-refractivity contribution in [2.75, 3.05) is 4.81 Å². The number of rotatable bonds is 15. The Hall–Kier alpha value is -11.8. The molecule has 0 saturated heterocycles. The van der Waals surface area contributed by atoms with Crippen molar-refractivity contribution in [3.63, 3.8) is 0 Å². The third-order valence-electron chi connectivity index (χ3n) is 18.2. The average molecular weight is 1230 g/mol. The molecule has 0 atom stereocenters. The second-order valence-electron chi connectivity index (χ2n) is 23.4. The summed E-state index contributed by atoms with van der Waals surface area (Å²) in [4.78, 5) is 19.2. The molecule has 0 amide bonds. The fourth-order valence-corrected chi connectivity index (χ4v) is 18.9. The van der Waals surface area contributed by atoms with Gasteiger partial charge in [-0.3, -0.25) is 0 Å². The van der Waals surface area contributed by atoms with Crippen LogP contribution in [0, 0.1) is 0 Å². The van der Waals surface area contributed by atoms with Gasteiger partial charge < -0.3 is 4.81 Å². The molecule has 1 aliphatic heterocycles.